The van der Waals surface area contributed by atoms with Crippen molar-refractivity contribution in [2.24, 2.45) is 0 Å². The van der Waals surface area contributed by atoms with E-state index in [1.54, 1.807) is 11.3 Å². The van der Waals surface area contributed by atoms with Gasteiger partial charge in [0.15, 0.2) is 0 Å². The van der Waals surface area contributed by atoms with Crippen molar-refractivity contribution in [3.63, 3.8) is 0 Å². The minimum absolute atomic E-state index is 0.295. The Labute approximate surface area is 134 Å². The summed E-state index contributed by atoms with van der Waals surface area (Å²) in [5.74, 6) is 0. The maximum atomic E-state index is 5.92. The minimum Gasteiger partial charge on any atom is -0.373 e. The molecule has 1 aromatic carbocycles. The molecule has 21 heavy (non-hydrogen) atoms. The van der Waals surface area contributed by atoms with E-state index >= 15 is 0 Å². The third-order valence-corrected chi connectivity index (χ3v) is 4.72. The van der Waals surface area contributed by atoms with Crippen LogP contribution in [-0.2, 0) is 11.3 Å². The van der Waals surface area contributed by atoms with Gasteiger partial charge in [0, 0.05) is 35.6 Å². The van der Waals surface area contributed by atoms with Crippen molar-refractivity contribution >= 4 is 22.9 Å². The van der Waals surface area contributed by atoms with E-state index in [9.17, 15) is 0 Å². The Hall–Kier alpha value is -0.940. The van der Waals surface area contributed by atoms with Gasteiger partial charge in [0.2, 0.25) is 0 Å². The van der Waals surface area contributed by atoms with Gasteiger partial charge in [-0.1, -0.05) is 23.7 Å². The molecular weight excluding hydrogens is 304 g/mol. The first-order valence-corrected chi connectivity index (χ1v) is 8.44. The summed E-state index contributed by atoms with van der Waals surface area (Å²) in [5, 5.41) is 3.96. The van der Waals surface area contributed by atoms with Crippen molar-refractivity contribution < 1.29 is 4.74 Å². The minimum atomic E-state index is 0.295. The van der Waals surface area contributed by atoms with Crippen LogP contribution in [0.4, 0.5) is 0 Å². The van der Waals surface area contributed by atoms with Crippen molar-refractivity contribution in [1.82, 2.24) is 9.88 Å². The Morgan fingerprint density at radius 3 is 2.57 bits per heavy atom. The molecule has 0 saturated carbocycles. The van der Waals surface area contributed by atoms with Crippen molar-refractivity contribution in [2.75, 3.05) is 13.1 Å². The SMILES string of the molecule is C[C@@H]1CN(Cc2csc(-c3ccc(Cl)cc3)n2)C[C@@H](C)O1. The van der Waals surface area contributed by atoms with Gasteiger partial charge >= 0.3 is 0 Å². The number of hydrogen-bond acceptors (Lipinski definition) is 4. The number of benzene rings is 1. The van der Waals surface area contributed by atoms with Crippen LogP contribution in [0.15, 0.2) is 29.6 Å². The van der Waals surface area contributed by atoms with E-state index in [4.69, 9.17) is 21.3 Å². The molecule has 0 aliphatic carbocycles. The zero-order valence-corrected chi connectivity index (χ0v) is 13.8. The summed E-state index contributed by atoms with van der Waals surface area (Å²) < 4.78 is 5.77. The highest BCUT2D eigenvalue weighted by molar-refractivity contribution is 7.13. The third-order valence-electron chi connectivity index (χ3n) is 3.52. The van der Waals surface area contributed by atoms with Crippen molar-refractivity contribution in [3.05, 3.63) is 40.4 Å². The Bertz CT molecular complexity index is 589. The molecule has 2 atom stereocenters. The molecule has 1 aromatic heterocycles. The molecule has 1 aliphatic rings. The second-order valence-electron chi connectivity index (χ2n) is 5.60. The highest BCUT2D eigenvalue weighted by Gasteiger charge is 2.22. The lowest BCUT2D eigenvalue weighted by Gasteiger charge is -2.34. The van der Waals surface area contributed by atoms with Gasteiger partial charge in [0.25, 0.3) is 0 Å². The third kappa shape index (κ3) is 3.83. The zero-order valence-electron chi connectivity index (χ0n) is 12.3. The molecule has 0 amide bonds. The van der Waals surface area contributed by atoms with E-state index < -0.39 is 0 Å². The lowest BCUT2D eigenvalue weighted by Crippen LogP contribution is -2.44. The van der Waals surface area contributed by atoms with E-state index in [0.29, 0.717) is 12.2 Å². The molecule has 0 unspecified atom stereocenters. The monoisotopic (exact) mass is 322 g/mol. The first-order chi connectivity index (χ1) is 10.1. The van der Waals surface area contributed by atoms with Crippen LogP contribution >= 0.6 is 22.9 Å². The quantitative estimate of drug-likeness (QED) is 0.851. The molecule has 0 N–H and O–H groups in total. The van der Waals surface area contributed by atoms with E-state index in [2.05, 4.69) is 24.1 Å². The highest BCUT2D eigenvalue weighted by atomic mass is 35.5. The van der Waals surface area contributed by atoms with Gasteiger partial charge in [-0.2, -0.15) is 0 Å². The molecule has 3 nitrogen and oxygen atoms in total. The molecular formula is C16H19ClN2OS. The average Bonchev–Trinajstić information content (AvgIpc) is 2.87. The molecule has 2 heterocycles. The number of halogens is 1. The van der Waals surface area contributed by atoms with Crippen LogP contribution in [0.5, 0.6) is 0 Å². The Balaban J connectivity index is 1.69. The zero-order chi connectivity index (χ0) is 14.8. The number of morpholine rings is 1. The molecule has 1 fully saturated rings. The summed E-state index contributed by atoms with van der Waals surface area (Å²) in [4.78, 5) is 7.16. The molecule has 1 saturated heterocycles. The second kappa shape index (κ2) is 6.44. The van der Waals surface area contributed by atoms with E-state index in [1.807, 2.05) is 24.3 Å². The number of hydrogen-bond donors (Lipinski definition) is 0. The number of rotatable bonds is 3. The predicted molar refractivity (Wildman–Crippen MR) is 87.8 cm³/mol. The Morgan fingerprint density at radius 1 is 1.24 bits per heavy atom. The largest absolute Gasteiger partial charge is 0.373 e. The molecule has 5 heteroatoms. The second-order valence-corrected chi connectivity index (χ2v) is 6.90. The normalized spacial score (nSPS) is 23.4. The summed E-state index contributed by atoms with van der Waals surface area (Å²) in [5.41, 5.74) is 2.26. The van der Waals surface area contributed by atoms with E-state index in [-0.39, 0.29) is 0 Å². The van der Waals surface area contributed by atoms with Gasteiger partial charge in [0.1, 0.15) is 5.01 Å². The number of nitrogens with zero attached hydrogens (tertiary/aromatic N) is 2. The van der Waals surface area contributed by atoms with Crippen LogP contribution < -0.4 is 0 Å². The average molecular weight is 323 g/mol. The maximum Gasteiger partial charge on any atom is 0.123 e. The summed E-state index contributed by atoms with van der Waals surface area (Å²) in [6, 6.07) is 7.85. The van der Waals surface area contributed by atoms with Crippen LogP contribution in [0.3, 0.4) is 0 Å². The van der Waals surface area contributed by atoms with E-state index in [0.717, 1.165) is 40.9 Å². The van der Waals surface area contributed by atoms with Gasteiger partial charge in [-0.3, -0.25) is 4.90 Å². The molecule has 1 aliphatic heterocycles. The summed E-state index contributed by atoms with van der Waals surface area (Å²) >= 11 is 7.61. The van der Waals surface area contributed by atoms with Crippen LogP contribution in [0.2, 0.25) is 5.02 Å². The fourth-order valence-corrected chi connectivity index (χ4v) is 3.69. The number of aromatic nitrogens is 1. The van der Waals surface area contributed by atoms with Gasteiger partial charge in [-0.25, -0.2) is 4.98 Å². The number of ether oxygens (including phenoxy) is 1. The lowest BCUT2D eigenvalue weighted by atomic mass is 10.2. The van der Waals surface area contributed by atoms with Crippen molar-refractivity contribution in [1.29, 1.82) is 0 Å². The maximum absolute atomic E-state index is 5.92. The standard InChI is InChI=1S/C16H19ClN2OS/c1-11-7-19(8-12(2)20-11)9-15-10-21-16(18-15)13-3-5-14(17)6-4-13/h3-6,10-12H,7-9H2,1-2H3/t11-,12-/m1/s1. The molecule has 112 valence electrons. The topological polar surface area (TPSA) is 25.4 Å². The van der Waals surface area contributed by atoms with Crippen molar-refractivity contribution in [3.8, 4) is 10.6 Å². The molecule has 0 bridgehead atoms. The van der Waals surface area contributed by atoms with Crippen LogP contribution in [-0.4, -0.2) is 35.2 Å². The predicted octanol–water partition coefficient (Wildman–Crippen LogP) is 4.07. The summed E-state index contributed by atoms with van der Waals surface area (Å²) in [7, 11) is 0. The van der Waals surface area contributed by atoms with Crippen LogP contribution in [0, 0.1) is 0 Å². The van der Waals surface area contributed by atoms with Crippen LogP contribution in [0.1, 0.15) is 19.5 Å². The molecule has 0 spiro atoms. The molecule has 0 radical (unpaired) electrons. The van der Waals surface area contributed by atoms with Gasteiger partial charge in [-0.05, 0) is 26.0 Å². The first-order valence-electron chi connectivity index (χ1n) is 7.18. The highest BCUT2D eigenvalue weighted by Crippen LogP contribution is 2.26. The molecule has 2 aromatic rings. The van der Waals surface area contributed by atoms with Gasteiger partial charge < -0.3 is 4.74 Å². The van der Waals surface area contributed by atoms with Gasteiger partial charge in [0.05, 0.1) is 17.9 Å². The lowest BCUT2D eigenvalue weighted by molar-refractivity contribution is -0.0707. The number of thiazole rings is 1. The first kappa shape index (κ1) is 15.0. The fraction of sp³-hybridized carbons (Fsp3) is 0.438. The molecule has 3 rings (SSSR count). The van der Waals surface area contributed by atoms with Gasteiger partial charge in [-0.15, -0.1) is 11.3 Å². The fourth-order valence-electron chi connectivity index (χ4n) is 2.75. The van der Waals surface area contributed by atoms with E-state index in [1.165, 1.54) is 0 Å². The Kier molecular flexibility index (Phi) is 4.60. The Morgan fingerprint density at radius 2 is 1.90 bits per heavy atom. The smallest absolute Gasteiger partial charge is 0.123 e. The van der Waals surface area contributed by atoms with Crippen molar-refractivity contribution in [2.45, 2.75) is 32.6 Å². The summed E-state index contributed by atoms with van der Waals surface area (Å²) in [6.07, 6.45) is 0.589. The summed E-state index contributed by atoms with van der Waals surface area (Å²) in [6.45, 7) is 7.09. The van der Waals surface area contributed by atoms with Crippen LogP contribution in [0.25, 0.3) is 10.6 Å².